The first-order valence-electron chi connectivity index (χ1n) is 6.57. The summed E-state index contributed by atoms with van der Waals surface area (Å²) in [5.41, 5.74) is 1.23. The Labute approximate surface area is 122 Å². The molecule has 2 nitrogen and oxygen atoms in total. The average Bonchev–Trinajstić information content (AvgIpc) is 2.49. The van der Waals surface area contributed by atoms with E-state index in [1.54, 1.807) is 17.8 Å². The van der Waals surface area contributed by atoms with Crippen molar-refractivity contribution in [2.45, 2.75) is 17.2 Å². The van der Waals surface area contributed by atoms with E-state index >= 15 is 0 Å². The van der Waals surface area contributed by atoms with Crippen molar-refractivity contribution in [1.29, 1.82) is 0 Å². The molecular weight excluding hydrogens is 266 g/mol. The van der Waals surface area contributed by atoms with Gasteiger partial charge in [0.25, 0.3) is 5.03 Å². The Bertz CT molecular complexity index is 742. The zero-order chi connectivity index (χ0) is 13.9. The van der Waals surface area contributed by atoms with Crippen LogP contribution in [0.4, 0.5) is 0 Å². The predicted molar refractivity (Wildman–Crippen MR) is 83.6 cm³/mol. The first-order valence-corrected chi connectivity index (χ1v) is 7.45. The summed E-state index contributed by atoms with van der Waals surface area (Å²) >= 11 is 1.58. The van der Waals surface area contributed by atoms with Crippen molar-refractivity contribution in [2.24, 2.45) is 0 Å². The van der Waals surface area contributed by atoms with E-state index in [1.165, 1.54) is 22.5 Å². The third-order valence-electron chi connectivity index (χ3n) is 3.33. The minimum atomic E-state index is 0.238. The molecule has 1 heterocycles. The first-order chi connectivity index (χ1) is 9.74. The van der Waals surface area contributed by atoms with Gasteiger partial charge in [-0.05, 0) is 41.1 Å². The van der Waals surface area contributed by atoms with Crippen LogP contribution in [0.1, 0.15) is 17.7 Å². The third-order valence-corrected chi connectivity index (χ3v) is 4.51. The summed E-state index contributed by atoms with van der Waals surface area (Å²) in [6, 6.07) is 20.3. The third kappa shape index (κ3) is 2.63. The number of thioether (sulfide) groups is 1. The van der Waals surface area contributed by atoms with Crippen molar-refractivity contribution < 1.29 is 4.73 Å². The maximum Gasteiger partial charge on any atom is 0.251 e. The van der Waals surface area contributed by atoms with Crippen molar-refractivity contribution in [2.75, 3.05) is 0 Å². The Morgan fingerprint density at radius 1 is 0.950 bits per heavy atom. The van der Waals surface area contributed by atoms with Crippen LogP contribution in [0.5, 0.6) is 0 Å². The molecule has 0 aliphatic carbocycles. The maximum absolute atomic E-state index is 11.7. The summed E-state index contributed by atoms with van der Waals surface area (Å²) in [6.07, 6.45) is 1.54. The van der Waals surface area contributed by atoms with Gasteiger partial charge in [0.05, 0.1) is 0 Å². The second kappa shape index (κ2) is 5.55. The molecule has 0 N–H and O–H groups in total. The number of rotatable bonds is 3. The molecule has 20 heavy (non-hydrogen) atoms. The van der Waals surface area contributed by atoms with E-state index in [0.29, 0.717) is 0 Å². The molecule has 0 spiro atoms. The standard InChI is InChI=1S/C17H15NOS/c1-13(20-17-8-4-5-11-18(17)19)15-10-9-14-6-2-3-7-16(14)12-15/h2-13H,1H3. The molecule has 1 unspecified atom stereocenters. The van der Waals surface area contributed by atoms with Gasteiger partial charge in [0.2, 0.25) is 0 Å². The molecule has 0 saturated heterocycles. The van der Waals surface area contributed by atoms with Crippen molar-refractivity contribution in [3.05, 3.63) is 77.6 Å². The van der Waals surface area contributed by atoms with Gasteiger partial charge in [0.15, 0.2) is 6.20 Å². The van der Waals surface area contributed by atoms with Gasteiger partial charge in [-0.3, -0.25) is 0 Å². The zero-order valence-electron chi connectivity index (χ0n) is 11.2. The van der Waals surface area contributed by atoms with Crippen LogP contribution in [0.25, 0.3) is 10.8 Å². The highest BCUT2D eigenvalue weighted by Gasteiger charge is 2.13. The van der Waals surface area contributed by atoms with Crippen LogP contribution in [0.2, 0.25) is 0 Å². The fourth-order valence-corrected chi connectivity index (χ4v) is 3.18. The Morgan fingerprint density at radius 3 is 2.50 bits per heavy atom. The molecular formula is C17H15NOS. The van der Waals surface area contributed by atoms with E-state index in [2.05, 4.69) is 37.3 Å². The van der Waals surface area contributed by atoms with Crippen LogP contribution in [0.3, 0.4) is 0 Å². The van der Waals surface area contributed by atoms with Gasteiger partial charge >= 0.3 is 0 Å². The Morgan fingerprint density at radius 2 is 1.70 bits per heavy atom. The molecule has 100 valence electrons. The van der Waals surface area contributed by atoms with Crippen molar-refractivity contribution in [1.82, 2.24) is 0 Å². The monoisotopic (exact) mass is 281 g/mol. The van der Waals surface area contributed by atoms with Gasteiger partial charge in [0.1, 0.15) is 0 Å². The van der Waals surface area contributed by atoms with E-state index in [0.717, 1.165) is 9.76 Å². The number of nitrogens with zero attached hydrogens (tertiary/aromatic N) is 1. The normalized spacial score (nSPS) is 12.4. The highest BCUT2D eigenvalue weighted by molar-refractivity contribution is 7.99. The van der Waals surface area contributed by atoms with Crippen molar-refractivity contribution in [3.8, 4) is 0 Å². The molecule has 3 rings (SSSR count). The van der Waals surface area contributed by atoms with Gasteiger partial charge in [-0.2, -0.15) is 4.73 Å². The summed E-state index contributed by atoms with van der Waals surface area (Å²) in [4.78, 5) is 0. The van der Waals surface area contributed by atoms with E-state index < -0.39 is 0 Å². The predicted octanol–water partition coefficient (Wildman–Crippen LogP) is 4.33. The molecule has 3 aromatic rings. The summed E-state index contributed by atoms with van der Waals surface area (Å²) in [6.45, 7) is 2.13. The van der Waals surface area contributed by atoms with Gasteiger partial charge in [-0.1, -0.05) is 42.5 Å². The molecule has 0 radical (unpaired) electrons. The number of hydrogen-bond donors (Lipinski definition) is 0. The zero-order valence-corrected chi connectivity index (χ0v) is 12.0. The number of pyridine rings is 1. The second-order valence-electron chi connectivity index (χ2n) is 4.73. The Hall–Kier alpha value is -2.00. The highest BCUT2D eigenvalue weighted by atomic mass is 32.2. The lowest BCUT2D eigenvalue weighted by atomic mass is 10.1. The van der Waals surface area contributed by atoms with Crippen LogP contribution in [0.15, 0.2) is 71.9 Å². The SMILES string of the molecule is CC(Sc1cccc[n+]1[O-])c1ccc2ccccc2c1. The molecule has 0 aliphatic heterocycles. The Kier molecular flexibility index (Phi) is 3.61. The summed E-state index contributed by atoms with van der Waals surface area (Å²) in [5, 5.41) is 15.1. The fourth-order valence-electron chi connectivity index (χ4n) is 2.21. The van der Waals surface area contributed by atoms with Crippen molar-refractivity contribution >= 4 is 22.5 Å². The summed E-state index contributed by atoms with van der Waals surface area (Å²) < 4.78 is 0.919. The molecule has 1 atom stereocenters. The minimum absolute atomic E-state index is 0.238. The van der Waals surface area contributed by atoms with E-state index in [-0.39, 0.29) is 5.25 Å². The van der Waals surface area contributed by atoms with E-state index in [4.69, 9.17) is 0 Å². The largest absolute Gasteiger partial charge is 0.618 e. The average molecular weight is 281 g/mol. The van der Waals surface area contributed by atoms with Crippen molar-refractivity contribution in [3.63, 3.8) is 0 Å². The highest BCUT2D eigenvalue weighted by Crippen LogP contribution is 2.34. The van der Waals surface area contributed by atoms with Crippen LogP contribution >= 0.6 is 11.8 Å². The summed E-state index contributed by atoms with van der Waals surface area (Å²) in [7, 11) is 0. The molecule has 3 heteroatoms. The molecule has 1 aromatic heterocycles. The number of hydrogen-bond acceptors (Lipinski definition) is 2. The van der Waals surface area contributed by atoms with Crippen LogP contribution in [-0.2, 0) is 0 Å². The number of fused-ring (bicyclic) bond motifs is 1. The molecule has 0 fully saturated rings. The van der Waals surface area contributed by atoms with Crippen LogP contribution in [-0.4, -0.2) is 0 Å². The Balaban J connectivity index is 1.89. The van der Waals surface area contributed by atoms with Crippen LogP contribution < -0.4 is 4.73 Å². The van der Waals surface area contributed by atoms with E-state index in [1.807, 2.05) is 24.3 Å². The summed E-state index contributed by atoms with van der Waals surface area (Å²) in [5.74, 6) is 0. The quantitative estimate of drug-likeness (QED) is 0.406. The molecule has 0 bridgehead atoms. The van der Waals surface area contributed by atoms with Crippen LogP contribution in [0, 0.1) is 5.21 Å². The molecule has 0 aliphatic rings. The fraction of sp³-hybridized carbons (Fsp3) is 0.118. The molecule has 2 aromatic carbocycles. The van der Waals surface area contributed by atoms with Gasteiger partial charge in [0, 0.05) is 17.4 Å². The lowest BCUT2D eigenvalue weighted by molar-refractivity contribution is -0.645. The maximum atomic E-state index is 11.7. The first kappa shape index (κ1) is 13.0. The topological polar surface area (TPSA) is 26.9 Å². The minimum Gasteiger partial charge on any atom is -0.618 e. The number of benzene rings is 2. The lowest BCUT2D eigenvalue weighted by Gasteiger charge is -2.12. The number of aromatic nitrogens is 1. The molecule has 0 saturated carbocycles. The smallest absolute Gasteiger partial charge is 0.251 e. The van der Waals surface area contributed by atoms with Gasteiger partial charge in [-0.25, -0.2) is 0 Å². The lowest BCUT2D eigenvalue weighted by Crippen LogP contribution is -2.27. The van der Waals surface area contributed by atoms with E-state index in [9.17, 15) is 5.21 Å². The second-order valence-corrected chi connectivity index (χ2v) is 6.09. The molecule has 0 amide bonds. The van der Waals surface area contributed by atoms with Gasteiger partial charge in [-0.15, -0.1) is 0 Å². The van der Waals surface area contributed by atoms with Gasteiger partial charge < -0.3 is 5.21 Å².